The highest BCUT2D eigenvalue weighted by Crippen LogP contribution is 2.21. The van der Waals surface area contributed by atoms with Gasteiger partial charge >= 0.3 is 0 Å². The normalized spacial score (nSPS) is 13.5. The molecule has 0 bridgehead atoms. The van der Waals surface area contributed by atoms with E-state index in [0.717, 1.165) is 19.3 Å². The summed E-state index contributed by atoms with van der Waals surface area (Å²) in [5.74, 6) is -1.21. The highest BCUT2D eigenvalue weighted by atomic mass is 35.5. The van der Waals surface area contributed by atoms with Crippen LogP contribution in [0.5, 0.6) is 0 Å². The van der Waals surface area contributed by atoms with Gasteiger partial charge in [-0.1, -0.05) is 34.9 Å². The number of hydrogen-bond acceptors (Lipinski definition) is 3. The van der Waals surface area contributed by atoms with E-state index < -0.39 is 11.8 Å². The minimum atomic E-state index is -0.489. The lowest BCUT2D eigenvalue weighted by atomic mass is 9.97. The number of halogens is 2. The monoisotopic (exact) mass is 411 g/mol. The number of amides is 3. The van der Waals surface area contributed by atoms with Crippen LogP contribution in [-0.2, 0) is 9.59 Å². The Bertz CT molecular complexity index is 735. The van der Waals surface area contributed by atoms with E-state index in [2.05, 4.69) is 22.0 Å². The van der Waals surface area contributed by atoms with Gasteiger partial charge in [0.15, 0.2) is 0 Å². The molecule has 8 heteroatoms. The SMILES string of the molecule is O=C(CNC(=O)CNC(=O)c1ccc(Cl)cc1Cl)NCCC1=CCCCC1. The Hall–Kier alpha value is -2.05. The molecule has 1 aliphatic rings. The molecule has 0 aromatic heterocycles. The number of carbonyl (C=O) groups is 3. The van der Waals surface area contributed by atoms with Crippen LogP contribution in [0.25, 0.3) is 0 Å². The average molecular weight is 412 g/mol. The van der Waals surface area contributed by atoms with E-state index in [4.69, 9.17) is 23.2 Å². The van der Waals surface area contributed by atoms with Crippen LogP contribution in [0.4, 0.5) is 0 Å². The standard InChI is InChI=1S/C19H23Cl2N3O3/c20-14-6-7-15(16(21)10-14)19(27)24-12-18(26)23-11-17(25)22-9-8-13-4-2-1-3-5-13/h4,6-7,10H,1-3,5,8-9,11-12H2,(H,22,25)(H,23,26)(H,24,27). The van der Waals surface area contributed by atoms with Crippen LogP contribution in [0.15, 0.2) is 29.8 Å². The van der Waals surface area contributed by atoms with Gasteiger partial charge in [-0.15, -0.1) is 0 Å². The smallest absolute Gasteiger partial charge is 0.253 e. The van der Waals surface area contributed by atoms with Gasteiger partial charge in [0.2, 0.25) is 11.8 Å². The molecule has 0 heterocycles. The van der Waals surface area contributed by atoms with Gasteiger partial charge in [0.25, 0.3) is 5.91 Å². The van der Waals surface area contributed by atoms with Crippen molar-refractivity contribution in [2.75, 3.05) is 19.6 Å². The molecule has 0 aliphatic heterocycles. The van der Waals surface area contributed by atoms with Crippen molar-refractivity contribution in [3.05, 3.63) is 45.5 Å². The van der Waals surface area contributed by atoms with Crippen molar-refractivity contribution in [2.24, 2.45) is 0 Å². The van der Waals surface area contributed by atoms with Gasteiger partial charge < -0.3 is 16.0 Å². The Morgan fingerprint density at radius 2 is 1.70 bits per heavy atom. The largest absolute Gasteiger partial charge is 0.354 e. The van der Waals surface area contributed by atoms with E-state index in [1.807, 2.05) is 0 Å². The number of allylic oxidation sites excluding steroid dienone is 1. The summed E-state index contributed by atoms with van der Waals surface area (Å²) in [6.07, 6.45) is 7.76. The number of hydrogen-bond donors (Lipinski definition) is 3. The van der Waals surface area contributed by atoms with Crippen molar-refractivity contribution in [3.8, 4) is 0 Å². The summed E-state index contributed by atoms with van der Waals surface area (Å²) in [5, 5.41) is 8.31. The predicted molar refractivity (Wildman–Crippen MR) is 106 cm³/mol. The lowest BCUT2D eigenvalue weighted by Gasteiger charge is -2.13. The molecule has 0 fully saturated rings. The number of benzene rings is 1. The molecule has 1 aromatic rings. The molecule has 1 aliphatic carbocycles. The molecule has 0 spiro atoms. The number of carbonyl (C=O) groups excluding carboxylic acids is 3. The third-order valence-electron chi connectivity index (χ3n) is 4.18. The van der Waals surface area contributed by atoms with E-state index in [0.29, 0.717) is 11.6 Å². The molecule has 146 valence electrons. The maximum Gasteiger partial charge on any atom is 0.253 e. The van der Waals surface area contributed by atoms with E-state index >= 15 is 0 Å². The van der Waals surface area contributed by atoms with Gasteiger partial charge in [-0.2, -0.15) is 0 Å². The molecule has 0 atom stereocenters. The molecule has 6 nitrogen and oxygen atoms in total. The number of nitrogens with one attached hydrogen (secondary N) is 3. The van der Waals surface area contributed by atoms with Crippen molar-refractivity contribution in [2.45, 2.75) is 32.1 Å². The second-order valence-corrected chi connectivity index (χ2v) is 7.14. The van der Waals surface area contributed by atoms with Gasteiger partial charge in [-0.25, -0.2) is 0 Å². The summed E-state index contributed by atoms with van der Waals surface area (Å²) >= 11 is 11.7. The second kappa shape index (κ2) is 10.9. The Morgan fingerprint density at radius 1 is 0.963 bits per heavy atom. The molecule has 1 aromatic carbocycles. The van der Waals surface area contributed by atoms with Crippen LogP contribution in [0, 0.1) is 0 Å². The molecule has 0 saturated heterocycles. The first-order valence-corrected chi connectivity index (χ1v) is 9.66. The average Bonchev–Trinajstić information content (AvgIpc) is 2.65. The predicted octanol–water partition coefficient (Wildman–Crippen LogP) is 2.85. The molecule has 3 N–H and O–H groups in total. The zero-order chi connectivity index (χ0) is 19.6. The van der Waals surface area contributed by atoms with Crippen LogP contribution < -0.4 is 16.0 Å². The third kappa shape index (κ3) is 7.61. The molecular formula is C19H23Cl2N3O3. The van der Waals surface area contributed by atoms with Crippen molar-refractivity contribution in [1.82, 2.24) is 16.0 Å². The zero-order valence-electron chi connectivity index (χ0n) is 14.9. The lowest BCUT2D eigenvalue weighted by Crippen LogP contribution is -2.42. The van der Waals surface area contributed by atoms with Crippen molar-refractivity contribution >= 4 is 40.9 Å². The molecule has 3 amide bonds. The topological polar surface area (TPSA) is 87.3 Å². The molecule has 27 heavy (non-hydrogen) atoms. The molecular weight excluding hydrogens is 389 g/mol. The first kappa shape index (κ1) is 21.3. The van der Waals surface area contributed by atoms with Gasteiger partial charge in [-0.3, -0.25) is 14.4 Å². The van der Waals surface area contributed by atoms with E-state index in [-0.39, 0.29) is 29.6 Å². The van der Waals surface area contributed by atoms with Crippen molar-refractivity contribution in [1.29, 1.82) is 0 Å². The van der Waals surface area contributed by atoms with Crippen molar-refractivity contribution in [3.63, 3.8) is 0 Å². The Morgan fingerprint density at radius 3 is 2.41 bits per heavy atom. The Balaban J connectivity index is 1.63. The summed E-state index contributed by atoms with van der Waals surface area (Å²) in [5.41, 5.74) is 1.61. The maximum atomic E-state index is 12.0. The Labute approximate surface area is 168 Å². The fourth-order valence-corrected chi connectivity index (χ4v) is 3.22. The second-order valence-electron chi connectivity index (χ2n) is 6.29. The Kier molecular flexibility index (Phi) is 8.61. The first-order valence-electron chi connectivity index (χ1n) is 8.90. The molecule has 0 saturated carbocycles. The fourth-order valence-electron chi connectivity index (χ4n) is 2.73. The fraction of sp³-hybridized carbons (Fsp3) is 0.421. The van der Waals surface area contributed by atoms with Crippen LogP contribution in [-0.4, -0.2) is 37.4 Å². The van der Waals surface area contributed by atoms with E-state index in [9.17, 15) is 14.4 Å². The minimum Gasteiger partial charge on any atom is -0.354 e. The first-order chi connectivity index (χ1) is 13.0. The molecule has 2 rings (SSSR count). The van der Waals surface area contributed by atoms with Crippen LogP contribution in [0.1, 0.15) is 42.5 Å². The highest BCUT2D eigenvalue weighted by Gasteiger charge is 2.12. The quantitative estimate of drug-likeness (QED) is 0.574. The van der Waals surface area contributed by atoms with Gasteiger partial charge in [0.1, 0.15) is 0 Å². The molecule has 0 radical (unpaired) electrons. The van der Waals surface area contributed by atoms with Crippen LogP contribution in [0.3, 0.4) is 0 Å². The zero-order valence-corrected chi connectivity index (χ0v) is 16.5. The summed E-state index contributed by atoms with van der Waals surface area (Å²) in [7, 11) is 0. The lowest BCUT2D eigenvalue weighted by molar-refractivity contribution is -0.125. The number of rotatable bonds is 8. The van der Waals surface area contributed by atoms with E-state index in [1.54, 1.807) is 0 Å². The van der Waals surface area contributed by atoms with Crippen molar-refractivity contribution < 1.29 is 14.4 Å². The van der Waals surface area contributed by atoms with Gasteiger partial charge in [0, 0.05) is 11.6 Å². The highest BCUT2D eigenvalue weighted by molar-refractivity contribution is 6.36. The molecule has 0 unspecified atom stereocenters. The summed E-state index contributed by atoms with van der Waals surface area (Å²) in [4.78, 5) is 35.5. The summed E-state index contributed by atoms with van der Waals surface area (Å²) in [6, 6.07) is 4.47. The minimum absolute atomic E-state index is 0.130. The maximum absolute atomic E-state index is 12.0. The summed E-state index contributed by atoms with van der Waals surface area (Å²) in [6.45, 7) is 0.180. The van der Waals surface area contributed by atoms with Crippen LogP contribution >= 0.6 is 23.2 Å². The summed E-state index contributed by atoms with van der Waals surface area (Å²) < 4.78 is 0. The third-order valence-corrected chi connectivity index (χ3v) is 4.73. The van der Waals surface area contributed by atoms with Gasteiger partial charge in [-0.05, 0) is 50.3 Å². The van der Waals surface area contributed by atoms with E-state index in [1.165, 1.54) is 36.6 Å². The van der Waals surface area contributed by atoms with Gasteiger partial charge in [0.05, 0.1) is 23.7 Å². The van der Waals surface area contributed by atoms with Crippen LogP contribution in [0.2, 0.25) is 10.0 Å².